The number of nitro groups is 1. The lowest BCUT2D eigenvalue weighted by atomic mass is 10.1. The molecule has 0 saturated heterocycles. The molecule has 0 aromatic heterocycles. The van der Waals surface area contributed by atoms with Crippen molar-refractivity contribution in [2.45, 2.75) is 0 Å². The van der Waals surface area contributed by atoms with Gasteiger partial charge in [-0.25, -0.2) is 4.79 Å². The van der Waals surface area contributed by atoms with Crippen LogP contribution in [0, 0.1) is 10.1 Å². The lowest BCUT2D eigenvalue weighted by molar-refractivity contribution is -0.385. The van der Waals surface area contributed by atoms with Crippen LogP contribution in [0.3, 0.4) is 0 Å². The van der Waals surface area contributed by atoms with E-state index in [0.29, 0.717) is 0 Å². The summed E-state index contributed by atoms with van der Waals surface area (Å²) in [5, 5.41) is 22.2. The number of hydrogen-bond acceptors (Lipinski definition) is 4. The van der Waals surface area contributed by atoms with E-state index in [1.165, 1.54) is 42.5 Å². The van der Waals surface area contributed by atoms with Crippen LogP contribution in [-0.4, -0.2) is 21.9 Å². The number of hydrogen-bond donors (Lipinski definition) is 2. The SMILES string of the molecule is O=C(O)c1ccc(NC(=O)c2ccccc2[N+](=O)[O-])cc1Cl. The predicted octanol–water partition coefficient (Wildman–Crippen LogP) is 3.20. The highest BCUT2D eigenvalue weighted by Crippen LogP contribution is 2.23. The van der Waals surface area contributed by atoms with E-state index in [4.69, 9.17) is 16.7 Å². The topological polar surface area (TPSA) is 110 Å². The van der Waals surface area contributed by atoms with Gasteiger partial charge in [-0.2, -0.15) is 0 Å². The van der Waals surface area contributed by atoms with E-state index in [1.807, 2.05) is 0 Å². The van der Waals surface area contributed by atoms with Gasteiger partial charge >= 0.3 is 5.97 Å². The number of nitrogens with zero attached hydrogens (tertiary/aromatic N) is 1. The zero-order chi connectivity index (χ0) is 16.3. The number of carboxylic acid groups (broad SMARTS) is 1. The first-order valence-electron chi connectivity index (χ1n) is 5.97. The molecule has 8 heteroatoms. The zero-order valence-electron chi connectivity index (χ0n) is 10.9. The number of nitro benzene ring substituents is 1. The number of carboxylic acids is 1. The molecule has 0 aliphatic heterocycles. The number of carbonyl (C=O) groups is 2. The molecule has 2 N–H and O–H groups in total. The van der Waals surface area contributed by atoms with Crippen LogP contribution in [0.2, 0.25) is 5.02 Å². The Bertz CT molecular complexity index is 776. The lowest BCUT2D eigenvalue weighted by Gasteiger charge is -2.07. The fourth-order valence-corrected chi connectivity index (χ4v) is 2.05. The Kier molecular flexibility index (Phi) is 4.38. The minimum Gasteiger partial charge on any atom is -0.478 e. The number of anilines is 1. The average Bonchev–Trinajstić information content (AvgIpc) is 2.46. The Morgan fingerprint density at radius 3 is 2.41 bits per heavy atom. The Balaban J connectivity index is 2.28. The molecule has 0 atom stereocenters. The number of halogens is 1. The number of benzene rings is 2. The quantitative estimate of drug-likeness (QED) is 0.664. The summed E-state index contributed by atoms with van der Waals surface area (Å²) in [6.07, 6.45) is 0. The van der Waals surface area contributed by atoms with Crippen LogP contribution >= 0.6 is 11.6 Å². The second kappa shape index (κ2) is 6.23. The molecule has 0 saturated carbocycles. The van der Waals surface area contributed by atoms with E-state index >= 15 is 0 Å². The minimum absolute atomic E-state index is 0.0483. The molecule has 0 unspecified atom stereocenters. The van der Waals surface area contributed by atoms with Gasteiger partial charge in [0, 0.05) is 11.8 Å². The highest BCUT2D eigenvalue weighted by atomic mass is 35.5. The molecule has 1 amide bonds. The van der Waals surface area contributed by atoms with Crippen molar-refractivity contribution >= 4 is 34.9 Å². The van der Waals surface area contributed by atoms with Crippen LogP contribution in [-0.2, 0) is 0 Å². The molecule has 0 fully saturated rings. The van der Waals surface area contributed by atoms with Crippen LogP contribution in [0.4, 0.5) is 11.4 Å². The first-order valence-corrected chi connectivity index (χ1v) is 6.35. The standard InChI is InChI=1S/C14H9ClN2O5/c15-11-7-8(5-6-9(11)14(19)20)16-13(18)10-3-1-2-4-12(10)17(21)22/h1-7H,(H,16,18)(H,19,20). The van der Waals surface area contributed by atoms with Gasteiger partial charge in [-0.15, -0.1) is 0 Å². The van der Waals surface area contributed by atoms with Gasteiger partial charge in [-0.3, -0.25) is 14.9 Å². The van der Waals surface area contributed by atoms with E-state index in [1.54, 1.807) is 0 Å². The van der Waals surface area contributed by atoms with Crippen molar-refractivity contribution in [3.05, 3.63) is 68.7 Å². The minimum atomic E-state index is -1.19. The zero-order valence-corrected chi connectivity index (χ0v) is 11.7. The molecule has 2 aromatic rings. The van der Waals surface area contributed by atoms with Crippen molar-refractivity contribution in [2.75, 3.05) is 5.32 Å². The third-order valence-corrected chi connectivity index (χ3v) is 3.12. The van der Waals surface area contributed by atoms with Gasteiger partial charge in [0.1, 0.15) is 5.56 Å². The fraction of sp³-hybridized carbons (Fsp3) is 0. The summed E-state index contributed by atoms with van der Waals surface area (Å²) < 4.78 is 0. The number of aromatic carboxylic acids is 1. The predicted molar refractivity (Wildman–Crippen MR) is 79.5 cm³/mol. The Labute approximate surface area is 129 Å². The van der Waals surface area contributed by atoms with Gasteiger partial charge in [0.25, 0.3) is 11.6 Å². The number of rotatable bonds is 4. The third-order valence-electron chi connectivity index (χ3n) is 2.80. The molecule has 2 rings (SSSR count). The van der Waals surface area contributed by atoms with E-state index < -0.39 is 16.8 Å². The van der Waals surface area contributed by atoms with Gasteiger partial charge in [-0.1, -0.05) is 23.7 Å². The molecular formula is C14H9ClN2O5. The molecule has 22 heavy (non-hydrogen) atoms. The highest BCUT2D eigenvalue weighted by Gasteiger charge is 2.19. The molecule has 0 spiro atoms. The monoisotopic (exact) mass is 320 g/mol. The van der Waals surface area contributed by atoms with E-state index in [-0.39, 0.29) is 27.5 Å². The lowest BCUT2D eigenvalue weighted by Crippen LogP contribution is -2.14. The van der Waals surface area contributed by atoms with Crippen molar-refractivity contribution < 1.29 is 19.6 Å². The van der Waals surface area contributed by atoms with Crippen LogP contribution < -0.4 is 5.32 Å². The van der Waals surface area contributed by atoms with Crippen molar-refractivity contribution in [3.63, 3.8) is 0 Å². The molecule has 7 nitrogen and oxygen atoms in total. The summed E-state index contributed by atoms with van der Waals surface area (Å²) in [4.78, 5) is 33.2. The highest BCUT2D eigenvalue weighted by molar-refractivity contribution is 6.33. The van der Waals surface area contributed by atoms with E-state index in [0.717, 1.165) is 0 Å². The first kappa shape index (κ1) is 15.5. The third kappa shape index (κ3) is 3.21. The van der Waals surface area contributed by atoms with E-state index in [2.05, 4.69) is 5.32 Å². The van der Waals surface area contributed by atoms with Crippen LogP contribution in [0.1, 0.15) is 20.7 Å². The molecule has 0 bridgehead atoms. The normalized spacial score (nSPS) is 10.0. The molecule has 0 aliphatic carbocycles. The summed E-state index contributed by atoms with van der Waals surface area (Å²) in [5.41, 5.74) is -0.303. The first-order chi connectivity index (χ1) is 10.4. The maximum absolute atomic E-state index is 12.1. The van der Waals surface area contributed by atoms with Crippen molar-refractivity contribution in [1.82, 2.24) is 0 Å². The Morgan fingerprint density at radius 2 is 1.82 bits per heavy atom. The van der Waals surface area contributed by atoms with Gasteiger partial charge in [-0.05, 0) is 24.3 Å². The smallest absolute Gasteiger partial charge is 0.337 e. The number of amides is 1. The van der Waals surface area contributed by atoms with E-state index in [9.17, 15) is 19.7 Å². The second-order valence-corrected chi connectivity index (χ2v) is 4.64. The molecule has 2 aromatic carbocycles. The van der Waals surface area contributed by atoms with Crippen LogP contribution in [0.25, 0.3) is 0 Å². The largest absolute Gasteiger partial charge is 0.478 e. The van der Waals surface area contributed by atoms with Crippen molar-refractivity contribution in [3.8, 4) is 0 Å². The summed E-state index contributed by atoms with van der Waals surface area (Å²) in [6, 6.07) is 9.34. The molecule has 0 heterocycles. The second-order valence-electron chi connectivity index (χ2n) is 4.23. The fourth-order valence-electron chi connectivity index (χ4n) is 1.79. The maximum atomic E-state index is 12.1. The number of para-hydroxylation sites is 1. The Hall–Kier alpha value is -2.93. The molecule has 0 radical (unpaired) electrons. The van der Waals surface area contributed by atoms with Crippen molar-refractivity contribution in [2.24, 2.45) is 0 Å². The summed E-state index contributed by atoms with van der Waals surface area (Å²) in [7, 11) is 0. The maximum Gasteiger partial charge on any atom is 0.337 e. The number of nitrogens with one attached hydrogen (secondary N) is 1. The molecular weight excluding hydrogens is 312 g/mol. The summed E-state index contributed by atoms with van der Waals surface area (Å²) >= 11 is 5.80. The van der Waals surface area contributed by atoms with Gasteiger partial charge in [0.15, 0.2) is 0 Å². The van der Waals surface area contributed by atoms with Gasteiger partial charge in [0.05, 0.1) is 15.5 Å². The molecule has 112 valence electrons. The Morgan fingerprint density at radius 1 is 1.14 bits per heavy atom. The van der Waals surface area contributed by atoms with Gasteiger partial charge < -0.3 is 10.4 Å². The van der Waals surface area contributed by atoms with Crippen LogP contribution in [0.15, 0.2) is 42.5 Å². The number of carbonyl (C=O) groups excluding carboxylic acids is 1. The summed E-state index contributed by atoms with van der Waals surface area (Å²) in [5.74, 6) is -1.88. The summed E-state index contributed by atoms with van der Waals surface area (Å²) in [6.45, 7) is 0. The van der Waals surface area contributed by atoms with Crippen LogP contribution in [0.5, 0.6) is 0 Å². The molecule has 0 aliphatic rings. The average molecular weight is 321 g/mol. The van der Waals surface area contributed by atoms with Crippen molar-refractivity contribution in [1.29, 1.82) is 0 Å². The van der Waals surface area contributed by atoms with Gasteiger partial charge in [0.2, 0.25) is 0 Å².